The van der Waals surface area contributed by atoms with E-state index in [9.17, 15) is 8.42 Å². The van der Waals surface area contributed by atoms with E-state index in [-0.39, 0.29) is 12.5 Å². The molecule has 1 unspecified atom stereocenters. The van der Waals surface area contributed by atoms with E-state index in [4.69, 9.17) is 8.74 Å². The van der Waals surface area contributed by atoms with E-state index >= 15 is 0 Å². The van der Waals surface area contributed by atoms with E-state index in [0.717, 1.165) is 25.7 Å². The second-order valence-corrected chi connectivity index (χ2v) is 11.7. The lowest BCUT2D eigenvalue weighted by atomic mass is 9.94. The summed E-state index contributed by atoms with van der Waals surface area (Å²) in [5.74, 6) is 0.240. The average Bonchev–Trinajstić information content (AvgIpc) is 2.80. The molecule has 0 aliphatic carbocycles. The molecule has 0 fully saturated rings. The molecule has 0 aromatic rings. The minimum absolute atomic E-state index is 0.133. The molecule has 0 saturated heterocycles. The fourth-order valence-corrected chi connectivity index (χ4v) is 5.23. The van der Waals surface area contributed by atoms with Gasteiger partial charge in [-0.05, 0) is 18.8 Å². The standard InChI is InChI=1S/C29H60O4S/c1-3-5-7-9-11-13-14-15-16-17-19-21-23-25-27-29(28-33-34(30,31)32)26-24-22-20-18-12-10-8-6-4-2/h29H,3-28H2,1-2H3,(H,30,31,32). The Morgan fingerprint density at radius 2 is 0.765 bits per heavy atom. The average molecular weight is 505 g/mol. The molecule has 0 heterocycles. The van der Waals surface area contributed by atoms with Crippen LogP contribution in [0.3, 0.4) is 0 Å². The van der Waals surface area contributed by atoms with Crippen LogP contribution in [0.2, 0.25) is 0 Å². The smallest absolute Gasteiger partial charge is 0.264 e. The lowest BCUT2D eigenvalue weighted by Crippen LogP contribution is -2.14. The van der Waals surface area contributed by atoms with Crippen molar-refractivity contribution in [2.24, 2.45) is 5.92 Å². The van der Waals surface area contributed by atoms with Crippen LogP contribution in [-0.4, -0.2) is 19.6 Å². The second kappa shape index (κ2) is 25.9. The Morgan fingerprint density at radius 3 is 1.03 bits per heavy atom. The van der Waals surface area contributed by atoms with Crippen LogP contribution in [0.4, 0.5) is 0 Å². The lowest BCUT2D eigenvalue weighted by molar-refractivity contribution is 0.204. The van der Waals surface area contributed by atoms with E-state index in [1.807, 2.05) is 0 Å². The van der Waals surface area contributed by atoms with Crippen molar-refractivity contribution >= 4 is 10.4 Å². The maximum atomic E-state index is 11.0. The molecular formula is C29H60O4S. The van der Waals surface area contributed by atoms with E-state index in [2.05, 4.69) is 13.8 Å². The molecule has 0 amide bonds. The van der Waals surface area contributed by atoms with Gasteiger partial charge < -0.3 is 0 Å². The molecule has 0 rings (SSSR count). The highest BCUT2D eigenvalue weighted by molar-refractivity contribution is 7.80. The van der Waals surface area contributed by atoms with Crippen LogP contribution < -0.4 is 0 Å². The Kier molecular flexibility index (Phi) is 25.8. The van der Waals surface area contributed by atoms with Crippen LogP contribution in [0.15, 0.2) is 0 Å². The van der Waals surface area contributed by atoms with Gasteiger partial charge in [-0.1, -0.05) is 162 Å². The summed E-state index contributed by atoms with van der Waals surface area (Å²) in [6, 6.07) is 0. The Hall–Kier alpha value is -0.130. The first-order valence-electron chi connectivity index (χ1n) is 15.1. The molecule has 0 radical (unpaired) electrons. The molecule has 0 saturated carbocycles. The number of rotatable bonds is 28. The zero-order valence-electron chi connectivity index (χ0n) is 23.0. The minimum atomic E-state index is -4.33. The fraction of sp³-hybridized carbons (Fsp3) is 1.00. The Morgan fingerprint density at radius 1 is 0.500 bits per heavy atom. The third kappa shape index (κ3) is 28.1. The Balaban J connectivity index is 3.71. The second-order valence-electron chi connectivity index (χ2n) is 10.6. The Labute approximate surface area is 214 Å². The summed E-state index contributed by atoms with van der Waals surface area (Å²) in [6.45, 7) is 4.66. The summed E-state index contributed by atoms with van der Waals surface area (Å²) in [7, 11) is -4.33. The summed E-state index contributed by atoms with van der Waals surface area (Å²) >= 11 is 0. The van der Waals surface area contributed by atoms with Crippen molar-refractivity contribution in [3.8, 4) is 0 Å². The van der Waals surface area contributed by atoms with Crippen LogP contribution in [-0.2, 0) is 14.6 Å². The summed E-state index contributed by atoms with van der Waals surface area (Å²) < 4.78 is 35.7. The van der Waals surface area contributed by atoms with Gasteiger partial charge in [-0.2, -0.15) is 8.42 Å². The Bertz CT molecular complexity index is 492. The van der Waals surface area contributed by atoms with Crippen molar-refractivity contribution in [3.63, 3.8) is 0 Å². The van der Waals surface area contributed by atoms with Crippen molar-refractivity contribution in [1.82, 2.24) is 0 Å². The topological polar surface area (TPSA) is 63.6 Å². The number of hydrogen-bond acceptors (Lipinski definition) is 3. The van der Waals surface area contributed by atoms with Crippen molar-refractivity contribution in [2.45, 2.75) is 174 Å². The maximum Gasteiger partial charge on any atom is 0.397 e. The first-order valence-corrected chi connectivity index (χ1v) is 16.5. The van der Waals surface area contributed by atoms with Crippen molar-refractivity contribution in [2.75, 3.05) is 6.61 Å². The quantitative estimate of drug-likeness (QED) is 0.0850. The highest BCUT2D eigenvalue weighted by atomic mass is 32.3. The van der Waals surface area contributed by atoms with Crippen molar-refractivity contribution in [3.05, 3.63) is 0 Å². The van der Waals surface area contributed by atoms with Gasteiger partial charge in [-0.25, -0.2) is 4.18 Å². The first kappa shape index (κ1) is 33.9. The SMILES string of the molecule is CCCCCCCCCCCCCCCCC(CCCCCCCCCCC)COS(=O)(=O)O. The molecule has 0 aliphatic heterocycles. The molecule has 0 aliphatic rings. The van der Waals surface area contributed by atoms with Crippen LogP contribution >= 0.6 is 0 Å². The van der Waals surface area contributed by atoms with Gasteiger partial charge in [-0.15, -0.1) is 0 Å². The molecule has 0 aromatic carbocycles. The third-order valence-electron chi connectivity index (χ3n) is 7.13. The van der Waals surface area contributed by atoms with Crippen LogP contribution in [0.5, 0.6) is 0 Å². The van der Waals surface area contributed by atoms with Gasteiger partial charge in [0.05, 0.1) is 6.61 Å². The van der Waals surface area contributed by atoms with E-state index in [1.165, 1.54) is 135 Å². The molecule has 0 aromatic heterocycles. The normalized spacial score (nSPS) is 12.9. The van der Waals surface area contributed by atoms with Crippen molar-refractivity contribution < 1.29 is 17.2 Å². The zero-order chi connectivity index (χ0) is 25.2. The molecule has 1 atom stereocenters. The van der Waals surface area contributed by atoms with E-state index in [1.54, 1.807) is 0 Å². The van der Waals surface area contributed by atoms with Gasteiger partial charge in [0.25, 0.3) is 0 Å². The number of hydrogen-bond donors (Lipinski definition) is 1. The van der Waals surface area contributed by atoms with Crippen LogP contribution in [0.25, 0.3) is 0 Å². The van der Waals surface area contributed by atoms with Gasteiger partial charge >= 0.3 is 10.4 Å². The summed E-state index contributed by atoms with van der Waals surface area (Å²) in [6.07, 6.45) is 32.5. The zero-order valence-corrected chi connectivity index (χ0v) is 23.9. The summed E-state index contributed by atoms with van der Waals surface area (Å²) in [4.78, 5) is 0. The first-order chi connectivity index (χ1) is 16.5. The molecule has 5 heteroatoms. The molecule has 206 valence electrons. The van der Waals surface area contributed by atoms with Gasteiger partial charge in [0.15, 0.2) is 0 Å². The molecule has 34 heavy (non-hydrogen) atoms. The predicted octanol–water partition coefficient (Wildman–Crippen LogP) is 10.2. The van der Waals surface area contributed by atoms with Gasteiger partial charge in [0.1, 0.15) is 0 Å². The maximum absolute atomic E-state index is 11.0. The van der Waals surface area contributed by atoms with Crippen molar-refractivity contribution in [1.29, 1.82) is 0 Å². The molecule has 0 spiro atoms. The number of unbranched alkanes of at least 4 members (excludes halogenated alkanes) is 21. The van der Waals surface area contributed by atoms with Gasteiger partial charge in [0.2, 0.25) is 0 Å². The fourth-order valence-electron chi connectivity index (χ4n) is 4.86. The summed E-state index contributed by atoms with van der Waals surface area (Å²) in [5, 5.41) is 0. The van der Waals surface area contributed by atoms with Gasteiger partial charge in [0, 0.05) is 0 Å². The predicted molar refractivity (Wildman–Crippen MR) is 148 cm³/mol. The third-order valence-corrected chi connectivity index (χ3v) is 7.57. The highest BCUT2D eigenvalue weighted by Gasteiger charge is 2.13. The monoisotopic (exact) mass is 504 g/mol. The van der Waals surface area contributed by atoms with Crippen LogP contribution in [0, 0.1) is 5.92 Å². The van der Waals surface area contributed by atoms with Crippen LogP contribution in [0.1, 0.15) is 174 Å². The molecular weight excluding hydrogens is 444 g/mol. The van der Waals surface area contributed by atoms with Gasteiger partial charge in [-0.3, -0.25) is 4.55 Å². The molecule has 0 bridgehead atoms. The summed E-state index contributed by atoms with van der Waals surface area (Å²) in [5.41, 5.74) is 0. The minimum Gasteiger partial charge on any atom is -0.264 e. The molecule has 1 N–H and O–H groups in total. The van der Waals surface area contributed by atoms with E-state index in [0.29, 0.717) is 0 Å². The largest absolute Gasteiger partial charge is 0.397 e. The van der Waals surface area contributed by atoms with E-state index < -0.39 is 10.4 Å². The highest BCUT2D eigenvalue weighted by Crippen LogP contribution is 2.21. The molecule has 4 nitrogen and oxygen atoms in total. The lowest BCUT2D eigenvalue weighted by Gasteiger charge is -2.16.